The summed E-state index contributed by atoms with van der Waals surface area (Å²) >= 11 is -2.08. The Bertz CT molecular complexity index is 178. The molecule has 0 aliphatic heterocycles. The summed E-state index contributed by atoms with van der Waals surface area (Å²) < 4.78 is 1.14. The van der Waals surface area contributed by atoms with Gasteiger partial charge >= 0.3 is 69.3 Å². The van der Waals surface area contributed by atoms with E-state index in [0.717, 1.165) is 3.58 Å². The molecule has 0 amide bonds. The number of hydrogen-bond acceptors (Lipinski definition) is 0. The fourth-order valence-corrected chi connectivity index (χ4v) is 3.52. The van der Waals surface area contributed by atoms with Gasteiger partial charge in [-0.2, -0.15) is 0 Å². The molecule has 0 heterocycles. The van der Waals surface area contributed by atoms with Crippen LogP contribution in [0.15, 0.2) is 30.3 Å². The molecule has 2 N–H and O–H groups in total. The Labute approximate surface area is 74.4 Å². The number of hydrogen-bond donors (Lipinski definition) is 0. The van der Waals surface area contributed by atoms with Crippen LogP contribution >= 0.6 is 17.8 Å². The van der Waals surface area contributed by atoms with Gasteiger partial charge in [0, 0.05) is 0 Å². The van der Waals surface area contributed by atoms with Gasteiger partial charge in [-0.25, -0.2) is 0 Å². The van der Waals surface area contributed by atoms with Crippen molar-refractivity contribution in [3.63, 3.8) is 0 Å². The molecule has 1 radical (unpaired) electrons. The van der Waals surface area contributed by atoms with Crippen LogP contribution in [0.1, 0.15) is 0 Å². The second-order valence-electron chi connectivity index (χ2n) is 1.63. The van der Waals surface area contributed by atoms with Crippen molar-refractivity contribution < 1.29 is 5.48 Å². The molecule has 0 saturated heterocycles. The first-order valence-electron chi connectivity index (χ1n) is 2.54. The second kappa shape index (κ2) is 5.24. The van der Waals surface area contributed by atoms with E-state index in [0.29, 0.717) is 0 Å². The predicted molar refractivity (Wildman–Crippen MR) is 47.1 cm³/mol. The van der Waals surface area contributed by atoms with Gasteiger partial charge in [-0.05, 0) is 0 Å². The van der Waals surface area contributed by atoms with Crippen molar-refractivity contribution in [1.82, 2.24) is 0 Å². The minimum absolute atomic E-state index is 0. The summed E-state index contributed by atoms with van der Waals surface area (Å²) in [6.45, 7) is 0. The summed E-state index contributed by atoms with van der Waals surface area (Å²) in [4.78, 5) is 0. The van der Waals surface area contributed by atoms with Crippen LogP contribution in [-0.4, -0.2) is 23.0 Å². The van der Waals surface area contributed by atoms with Gasteiger partial charge in [-0.1, -0.05) is 0 Å². The zero-order valence-corrected chi connectivity index (χ0v) is 9.51. The molecule has 10 heavy (non-hydrogen) atoms. The van der Waals surface area contributed by atoms with Crippen molar-refractivity contribution in [2.75, 3.05) is 0 Å². The first-order chi connectivity index (χ1) is 4.30. The molecular formula is C6H7Cl2OSn. The summed E-state index contributed by atoms with van der Waals surface area (Å²) in [7, 11) is 11.5. The molecular weight excluding hydrogens is 278 g/mol. The summed E-state index contributed by atoms with van der Waals surface area (Å²) in [5, 5.41) is 0. The van der Waals surface area contributed by atoms with Crippen LogP contribution in [0.5, 0.6) is 0 Å². The Hall–Kier alpha value is 0.559. The van der Waals surface area contributed by atoms with E-state index in [1.54, 1.807) is 0 Å². The summed E-state index contributed by atoms with van der Waals surface area (Å²) in [5.41, 5.74) is 0. The molecule has 1 rings (SSSR count). The Morgan fingerprint density at radius 2 is 1.50 bits per heavy atom. The SMILES string of the molecule is O.[Cl][Sn]([Cl])[c]1ccccc1. The van der Waals surface area contributed by atoms with Gasteiger partial charge in [0.2, 0.25) is 0 Å². The number of halogens is 2. The van der Waals surface area contributed by atoms with Gasteiger partial charge in [0.05, 0.1) is 0 Å². The zero-order valence-electron chi connectivity index (χ0n) is 5.14. The third-order valence-corrected chi connectivity index (χ3v) is 6.12. The molecule has 1 nitrogen and oxygen atoms in total. The topological polar surface area (TPSA) is 31.5 Å². The molecule has 1 aromatic carbocycles. The van der Waals surface area contributed by atoms with Gasteiger partial charge in [0.15, 0.2) is 0 Å². The van der Waals surface area contributed by atoms with Crippen LogP contribution in [0, 0.1) is 0 Å². The van der Waals surface area contributed by atoms with Gasteiger partial charge < -0.3 is 5.48 Å². The van der Waals surface area contributed by atoms with E-state index in [4.69, 9.17) is 17.8 Å². The average Bonchev–Trinajstić information content (AvgIpc) is 1.90. The molecule has 55 valence electrons. The third kappa shape index (κ3) is 3.10. The summed E-state index contributed by atoms with van der Waals surface area (Å²) in [6, 6.07) is 9.84. The monoisotopic (exact) mass is 285 g/mol. The maximum absolute atomic E-state index is 5.77. The Kier molecular flexibility index (Phi) is 5.53. The Balaban J connectivity index is 0.000000810. The molecule has 0 spiro atoms. The van der Waals surface area contributed by atoms with Crippen LogP contribution in [-0.2, 0) is 0 Å². The minimum atomic E-state index is -2.08. The van der Waals surface area contributed by atoms with E-state index in [-0.39, 0.29) is 5.48 Å². The van der Waals surface area contributed by atoms with Crippen LogP contribution in [0.25, 0.3) is 0 Å². The van der Waals surface area contributed by atoms with Crippen LogP contribution in [0.4, 0.5) is 0 Å². The molecule has 0 aromatic heterocycles. The van der Waals surface area contributed by atoms with Gasteiger partial charge in [-0.15, -0.1) is 0 Å². The average molecular weight is 285 g/mol. The molecule has 0 fully saturated rings. The molecule has 0 aliphatic carbocycles. The first-order valence-corrected chi connectivity index (χ1v) is 11.2. The van der Waals surface area contributed by atoms with Gasteiger partial charge in [0.1, 0.15) is 0 Å². The van der Waals surface area contributed by atoms with Gasteiger partial charge in [0.25, 0.3) is 0 Å². The van der Waals surface area contributed by atoms with Crippen molar-refractivity contribution in [2.24, 2.45) is 0 Å². The third-order valence-electron chi connectivity index (χ3n) is 0.992. The predicted octanol–water partition coefficient (Wildman–Crippen LogP) is 1.03. The molecule has 1 aromatic rings. The maximum atomic E-state index is 5.77. The van der Waals surface area contributed by atoms with E-state index in [1.165, 1.54) is 0 Å². The first kappa shape index (κ1) is 10.6. The molecule has 0 bridgehead atoms. The normalized spacial score (nSPS) is 9.10. The van der Waals surface area contributed by atoms with Crippen LogP contribution < -0.4 is 3.58 Å². The van der Waals surface area contributed by atoms with E-state index in [2.05, 4.69) is 0 Å². The van der Waals surface area contributed by atoms with Crippen molar-refractivity contribution in [2.45, 2.75) is 0 Å². The second-order valence-corrected chi connectivity index (χ2v) is 11.1. The fourth-order valence-electron chi connectivity index (χ4n) is 0.564. The molecule has 0 saturated carbocycles. The van der Waals surface area contributed by atoms with Crippen molar-refractivity contribution in [3.05, 3.63) is 30.3 Å². The fraction of sp³-hybridized carbons (Fsp3) is 0. The van der Waals surface area contributed by atoms with E-state index >= 15 is 0 Å². The van der Waals surface area contributed by atoms with E-state index < -0.39 is 17.5 Å². The van der Waals surface area contributed by atoms with E-state index in [9.17, 15) is 0 Å². The molecule has 0 atom stereocenters. The molecule has 4 heteroatoms. The molecule has 0 aliphatic rings. The number of rotatable bonds is 1. The standard InChI is InChI=1S/C6H5.2ClH.H2O.Sn/c1-2-4-6-5-3-1;;;;/h1-5H;2*1H;1H2;/q;;;;+2/p-2. The van der Waals surface area contributed by atoms with Crippen molar-refractivity contribution in [3.8, 4) is 0 Å². The summed E-state index contributed by atoms with van der Waals surface area (Å²) in [6.07, 6.45) is 0. The van der Waals surface area contributed by atoms with Crippen molar-refractivity contribution >= 4 is 38.9 Å². The quantitative estimate of drug-likeness (QED) is 0.690. The number of benzene rings is 1. The zero-order chi connectivity index (χ0) is 6.69. The van der Waals surface area contributed by atoms with E-state index in [1.807, 2.05) is 30.3 Å². The Morgan fingerprint density at radius 3 is 1.80 bits per heavy atom. The summed E-state index contributed by atoms with van der Waals surface area (Å²) in [5.74, 6) is 0. The van der Waals surface area contributed by atoms with Crippen molar-refractivity contribution in [1.29, 1.82) is 0 Å². The molecule has 0 unspecified atom stereocenters. The Morgan fingerprint density at radius 1 is 1.00 bits per heavy atom. The van der Waals surface area contributed by atoms with Crippen LogP contribution in [0.3, 0.4) is 0 Å². The van der Waals surface area contributed by atoms with Crippen LogP contribution in [0.2, 0.25) is 0 Å². The van der Waals surface area contributed by atoms with Gasteiger partial charge in [-0.3, -0.25) is 0 Å².